The van der Waals surface area contributed by atoms with Gasteiger partial charge in [-0.05, 0) is 43.0 Å². The van der Waals surface area contributed by atoms with E-state index in [0.717, 1.165) is 30.4 Å². The number of urea groups is 1. The quantitative estimate of drug-likeness (QED) is 0.244. The Balaban J connectivity index is 1.59. The van der Waals surface area contributed by atoms with Crippen molar-refractivity contribution in [1.29, 1.82) is 0 Å². The SMILES string of the molecule is CCCCCNC(=O)Nc1c(C)cccc1OCCCn1cnc(-c2ccccc2)c1C(=O)Cl. The molecule has 8 heteroatoms. The lowest BCUT2D eigenvalue weighted by Crippen LogP contribution is -2.30. The molecule has 0 saturated heterocycles. The summed E-state index contributed by atoms with van der Waals surface area (Å²) in [4.78, 5) is 28.8. The molecule has 2 aromatic carbocycles. The van der Waals surface area contributed by atoms with Gasteiger partial charge in [0.15, 0.2) is 0 Å². The minimum absolute atomic E-state index is 0.243. The Morgan fingerprint density at radius 3 is 2.59 bits per heavy atom. The normalized spacial score (nSPS) is 10.7. The van der Waals surface area contributed by atoms with E-state index in [0.29, 0.717) is 48.9 Å². The molecule has 34 heavy (non-hydrogen) atoms. The molecule has 0 aliphatic carbocycles. The number of carbonyl (C=O) groups is 2. The highest BCUT2D eigenvalue weighted by molar-refractivity contribution is 6.68. The maximum absolute atomic E-state index is 12.3. The predicted molar refractivity (Wildman–Crippen MR) is 136 cm³/mol. The Kier molecular flexibility index (Phi) is 9.52. The summed E-state index contributed by atoms with van der Waals surface area (Å²) in [5, 5.41) is 5.24. The molecular formula is C26H31ClN4O3. The first-order valence-electron chi connectivity index (χ1n) is 11.6. The van der Waals surface area contributed by atoms with Crippen LogP contribution in [0.15, 0.2) is 54.9 Å². The summed E-state index contributed by atoms with van der Waals surface area (Å²) in [7, 11) is 0. The highest BCUT2D eigenvalue weighted by Crippen LogP contribution is 2.28. The molecule has 0 spiro atoms. The molecule has 0 fully saturated rings. The van der Waals surface area contributed by atoms with Crippen LogP contribution in [0, 0.1) is 6.92 Å². The number of benzene rings is 2. The van der Waals surface area contributed by atoms with Gasteiger partial charge < -0.3 is 19.9 Å². The van der Waals surface area contributed by atoms with Gasteiger partial charge >= 0.3 is 6.03 Å². The fraction of sp³-hybridized carbons (Fsp3) is 0.346. The van der Waals surface area contributed by atoms with Crippen LogP contribution in [0.25, 0.3) is 11.3 Å². The summed E-state index contributed by atoms with van der Waals surface area (Å²) in [6, 6.07) is 14.9. The summed E-state index contributed by atoms with van der Waals surface area (Å²) in [5.74, 6) is 0.605. The van der Waals surface area contributed by atoms with Crippen molar-refractivity contribution in [2.24, 2.45) is 0 Å². The first kappa shape index (κ1) is 25.3. The zero-order chi connectivity index (χ0) is 24.3. The van der Waals surface area contributed by atoms with E-state index in [1.54, 1.807) is 10.9 Å². The maximum atomic E-state index is 12.3. The van der Waals surface area contributed by atoms with Gasteiger partial charge in [0.1, 0.15) is 17.1 Å². The van der Waals surface area contributed by atoms with E-state index in [-0.39, 0.29) is 6.03 Å². The molecule has 0 aliphatic heterocycles. The Bertz CT molecular complexity index is 1100. The zero-order valence-electron chi connectivity index (χ0n) is 19.6. The van der Waals surface area contributed by atoms with Gasteiger partial charge in [0.25, 0.3) is 5.24 Å². The van der Waals surface area contributed by atoms with Crippen molar-refractivity contribution < 1.29 is 14.3 Å². The number of ether oxygens (including phenoxy) is 1. The largest absolute Gasteiger partial charge is 0.491 e. The lowest BCUT2D eigenvalue weighted by Gasteiger charge is -2.15. The number of imidazole rings is 1. The number of aryl methyl sites for hydroxylation is 2. The van der Waals surface area contributed by atoms with Crippen LogP contribution in [0.3, 0.4) is 0 Å². The van der Waals surface area contributed by atoms with Crippen LogP contribution in [0.2, 0.25) is 0 Å². The lowest BCUT2D eigenvalue weighted by atomic mass is 10.1. The van der Waals surface area contributed by atoms with Gasteiger partial charge in [-0.25, -0.2) is 9.78 Å². The van der Waals surface area contributed by atoms with E-state index < -0.39 is 5.24 Å². The van der Waals surface area contributed by atoms with Gasteiger partial charge in [-0.1, -0.05) is 62.2 Å². The third kappa shape index (κ3) is 6.84. The highest BCUT2D eigenvalue weighted by Gasteiger charge is 2.18. The first-order valence-corrected chi connectivity index (χ1v) is 12.0. The van der Waals surface area contributed by atoms with E-state index >= 15 is 0 Å². The summed E-state index contributed by atoms with van der Waals surface area (Å²) in [6.45, 7) is 5.60. The monoisotopic (exact) mass is 482 g/mol. The number of nitrogens with one attached hydrogen (secondary N) is 2. The van der Waals surface area contributed by atoms with Gasteiger partial charge in [0.05, 0.1) is 18.6 Å². The number of rotatable bonds is 12. The molecule has 3 aromatic rings. The molecule has 1 heterocycles. The molecule has 0 radical (unpaired) electrons. The molecule has 3 rings (SSSR count). The summed E-state index contributed by atoms with van der Waals surface area (Å²) >= 11 is 5.88. The fourth-order valence-corrected chi connectivity index (χ4v) is 3.84. The second kappa shape index (κ2) is 12.8. The Hall–Kier alpha value is -3.32. The van der Waals surface area contributed by atoms with Gasteiger partial charge in [-0.3, -0.25) is 4.79 Å². The van der Waals surface area contributed by atoms with Crippen LogP contribution in [-0.4, -0.2) is 34.0 Å². The van der Waals surface area contributed by atoms with Crippen LogP contribution in [0.5, 0.6) is 5.75 Å². The summed E-state index contributed by atoms with van der Waals surface area (Å²) in [6.07, 6.45) is 5.39. The van der Waals surface area contributed by atoms with E-state index in [9.17, 15) is 9.59 Å². The number of hydrogen-bond donors (Lipinski definition) is 2. The van der Waals surface area contributed by atoms with Gasteiger partial charge in [0.2, 0.25) is 0 Å². The standard InChI is InChI=1S/C26H31ClN4O3/c1-3-4-8-15-28-26(33)30-22-19(2)11-9-14-21(22)34-17-10-16-31-18-29-23(24(31)25(27)32)20-12-6-5-7-13-20/h5-7,9,11-14,18H,3-4,8,10,15-17H2,1-2H3,(H2,28,30,33). The number of para-hydroxylation sites is 1. The van der Waals surface area contributed by atoms with Crippen LogP contribution in [0.4, 0.5) is 10.5 Å². The molecule has 2 amide bonds. The second-order valence-corrected chi connectivity index (χ2v) is 8.36. The molecule has 7 nitrogen and oxygen atoms in total. The third-order valence-electron chi connectivity index (χ3n) is 5.41. The number of amides is 2. The van der Waals surface area contributed by atoms with E-state index in [1.165, 1.54) is 0 Å². The molecule has 0 atom stereocenters. The number of anilines is 1. The number of carbonyl (C=O) groups excluding carboxylic acids is 2. The Morgan fingerprint density at radius 2 is 1.85 bits per heavy atom. The molecule has 0 aliphatic rings. The molecule has 0 saturated carbocycles. The zero-order valence-corrected chi connectivity index (χ0v) is 20.4. The lowest BCUT2D eigenvalue weighted by molar-refractivity contribution is 0.107. The van der Waals surface area contributed by atoms with Crippen molar-refractivity contribution >= 4 is 28.6 Å². The van der Waals surface area contributed by atoms with Gasteiger partial charge in [-0.15, -0.1) is 0 Å². The predicted octanol–water partition coefficient (Wildman–Crippen LogP) is 6.02. The minimum Gasteiger partial charge on any atom is -0.491 e. The van der Waals surface area contributed by atoms with Crippen LogP contribution in [0.1, 0.15) is 48.7 Å². The van der Waals surface area contributed by atoms with Crippen LogP contribution >= 0.6 is 11.6 Å². The van der Waals surface area contributed by atoms with Crippen molar-refractivity contribution in [2.45, 2.75) is 46.1 Å². The molecule has 1 aromatic heterocycles. The molecule has 0 unspecified atom stereocenters. The van der Waals surface area contributed by atoms with E-state index in [1.807, 2.05) is 55.5 Å². The van der Waals surface area contributed by atoms with E-state index in [2.05, 4.69) is 22.5 Å². The van der Waals surface area contributed by atoms with Gasteiger partial charge in [0, 0.05) is 18.7 Å². The summed E-state index contributed by atoms with van der Waals surface area (Å²) < 4.78 is 7.73. The Morgan fingerprint density at radius 1 is 1.06 bits per heavy atom. The number of unbranched alkanes of at least 4 members (excludes halogenated alkanes) is 2. The van der Waals surface area contributed by atoms with Crippen molar-refractivity contribution in [3.63, 3.8) is 0 Å². The topological polar surface area (TPSA) is 85.2 Å². The van der Waals surface area contributed by atoms with Crippen LogP contribution < -0.4 is 15.4 Å². The minimum atomic E-state index is -0.549. The molecule has 2 N–H and O–H groups in total. The smallest absolute Gasteiger partial charge is 0.319 e. The fourth-order valence-electron chi connectivity index (χ4n) is 3.64. The third-order valence-corrected chi connectivity index (χ3v) is 5.59. The molecule has 180 valence electrons. The van der Waals surface area contributed by atoms with Crippen molar-refractivity contribution in [2.75, 3.05) is 18.5 Å². The van der Waals surface area contributed by atoms with Crippen LogP contribution in [-0.2, 0) is 6.54 Å². The maximum Gasteiger partial charge on any atom is 0.319 e. The average Bonchev–Trinajstić information content (AvgIpc) is 3.26. The number of aromatic nitrogens is 2. The summed E-state index contributed by atoms with van der Waals surface area (Å²) in [5.41, 5.74) is 3.34. The van der Waals surface area contributed by atoms with Gasteiger partial charge in [-0.2, -0.15) is 0 Å². The Labute approximate surface area is 205 Å². The van der Waals surface area contributed by atoms with Crippen molar-refractivity contribution in [3.8, 4) is 17.0 Å². The average molecular weight is 483 g/mol. The number of nitrogens with zero attached hydrogens (tertiary/aromatic N) is 2. The number of halogens is 1. The highest BCUT2D eigenvalue weighted by atomic mass is 35.5. The second-order valence-electron chi connectivity index (χ2n) is 8.01. The first-order chi connectivity index (χ1) is 16.5. The van der Waals surface area contributed by atoms with Crippen molar-refractivity contribution in [3.05, 3.63) is 66.1 Å². The number of hydrogen-bond acceptors (Lipinski definition) is 4. The van der Waals surface area contributed by atoms with E-state index in [4.69, 9.17) is 16.3 Å². The molecule has 0 bridgehead atoms. The van der Waals surface area contributed by atoms with Crippen molar-refractivity contribution in [1.82, 2.24) is 14.9 Å². The molecular weight excluding hydrogens is 452 g/mol.